The molecule has 0 fully saturated rings. The minimum atomic E-state index is -1.71. The van der Waals surface area contributed by atoms with E-state index in [1.54, 1.807) is 0 Å². The summed E-state index contributed by atoms with van der Waals surface area (Å²) in [6.45, 7) is 0. The molecule has 0 unspecified atom stereocenters. The van der Waals surface area contributed by atoms with Gasteiger partial charge in [-0.05, 0) is 5.21 Å². The lowest BCUT2D eigenvalue weighted by atomic mass is 10.2. The van der Waals surface area contributed by atoms with Gasteiger partial charge in [-0.25, -0.2) is 0 Å². The van der Waals surface area contributed by atoms with Crippen LogP contribution in [0.2, 0.25) is 0 Å². The second kappa shape index (κ2) is 3.96. The van der Waals surface area contributed by atoms with Gasteiger partial charge in [-0.3, -0.25) is 0 Å². The molecule has 2 aromatic rings. The summed E-state index contributed by atoms with van der Waals surface area (Å²) in [5, 5.41) is 11.4. The standard InChI is InChI=1S/C8H5Cl3N4/c9-8(10,11)15-13-7(12-14-15)6-4-2-1-3-5-6/h1-5H. The predicted octanol–water partition coefficient (Wildman–Crippen LogP) is 2.62. The zero-order valence-electron chi connectivity index (χ0n) is 7.31. The molecule has 1 aromatic heterocycles. The van der Waals surface area contributed by atoms with E-state index in [1.165, 1.54) is 0 Å². The van der Waals surface area contributed by atoms with Crippen LogP contribution in [0.5, 0.6) is 0 Å². The van der Waals surface area contributed by atoms with Crippen LogP contribution in [0.4, 0.5) is 0 Å². The van der Waals surface area contributed by atoms with Gasteiger partial charge in [-0.2, -0.15) is 0 Å². The highest BCUT2D eigenvalue weighted by molar-refractivity contribution is 6.64. The number of tetrazole rings is 1. The summed E-state index contributed by atoms with van der Waals surface area (Å²) in [4.78, 5) is 0.931. The van der Waals surface area contributed by atoms with Gasteiger partial charge < -0.3 is 0 Å². The summed E-state index contributed by atoms with van der Waals surface area (Å²) in [5.41, 5.74) is 0.818. The van der Waals surface area contributed by atoms with Gasteiger partial charge in [0.25, 0.3) is 0 Å². The zero-order chi connectivity index (χ0) is 10.9. The predicted molar refractivity (Wildman–Crippen MR) is 58.8 cm³/mol. The number of hydrogen-bond acceptors (Lipinski definition) is 3. The average Bonchev–Trinajstić information content (AvgIpc) is 2.67. The van der Waals surface area contributed by atoms with E-state index in [-0.39, 0.29) is 0 Å². The summed E-state index contributed by atoms with van der Waals surface area (Å²) in [5.74, 6) is 0.418. The molecule has 0 saturated carbocycles. The maximum atomic E-state index is 5.59. The van der Waals surface area contributed by atoms with Gasteiger partial charge in [0.1, 0.15) is 0 Å². The molecule has 1 aromatic carbocycles. The van der Waals surface area contributed by atoms with Crippen LogP contribution in [0.3, 0.4) is 0 Å². The van der Waals surface area contributed by atoms with Crippen molar-refractivity contribution in [3.8, 4) is 11.4 Å². The van der Waals surface area contributed by atoms with E-state index in [0.29, 0.717) is 5.82 Å². The maximum Gasteiger partial charge on any atom is 0.305 e. The van der Waals surface area contributed by atoms with Crippen LogP contribution in [0.25, 0.3) is 11.4 Å². The Balaban J connectivity index is 2.37. The molecule has 0 spiro atoms. The molecule has 0 radical (unpaired) electrons. The first-order valence-electron chi connectivity index (χ1n) is 4.00. The Morgan fingerprint density at radius 1 is 1.07 bits per heavy atom. The zero-order valence-corrected chi connectivity index (χ0v) is 9.58. The first-order valence-corrected chi connectivity index (χ1v) is 5.13. The Morgan fingerprint density at radius 3 is 2.27 bits per heavy atom. The molecule has 0 saturated heterocycles. The van der Waals surface area contributed by atoms with Gasteiger partial charge in [0.2, 0.25) is 5.82 Å². The van der Waals surface area contributed by atoms with E-state index < -0.39 is 3.92 Å². The molecule has 2 rings (SSSR count). The second-order valence-electron chi connectivity index (χ2n) is 2.74. The van der Waals surface area contributed by atoms with Crippen molar-refractivity contribution >= 4 is 34.8 Å². The first kappa shape index (κ1) is 10.7. The largest absolute Gasteiger partial charge is 0.305 e. The van der Waals surface area contributed by atoms with Crippen molar-refractivity contribution in [2.45, 2.75) is 3.92 Å². The van der Waals surface area contributed by atoms with E-state index in [0.717, 1.165) is 10.4 Å². The fraction of sp³-hybridized carbons (Fsp3) is 0.125. The molecule has 0 aliphatic carbocycles. The second-order valence-corrected chi connectivity index (χ2v) is 4.96. The maximum absolute atomic E-state index is 5.59. The van der Waals surface area contributed by atoms with Crippen LogP contribution in [0.15, 0.2) is 30.3 Å². The van der Waals surface area contributed by atoms with Crippen molar-refractivity contribution in [2.24, 2.45) is 0 Å². The van der Waals surface area contributed by atoms with E-state index >= 15 is 0 Å². The number of nitrogens with zero attached hydrogens (tertiary/aromatic N) is 4. The highest BCUT2D eigenvalue weighted by Crippen LogP contribution is 2.30. The van der Waals surface area contributed by atoms with E-state index in [4.69, 9.17) is 34.8 Å². The normalized spacial score (nSPS) is 11.7. The smallest absolute Gasteiger partial charge is 0.127 e. The Kier molecular flexibility index (Phi) is 2.82. The molecule has 15 heavy (non-hydrogen) atoms. The summed E-state index contributed by atoms with van der Waals surface area (Å²) in [7, 11) is 0. The Hall–Kier alpha value is -0.840. The quantitative estimate of drug-likeness (QED) is 0.743. The van der Waals surface area contributed by atoms with Crippen molar-refractivity contribution in [3.05, 3.63) is 30.3 Å². The number of alkyl halides is 3. The number of rotatable bonds is 1. The molecule has 78 valence electrons. The van der Waals surface area contributed by atoms with Crippen LogP contribution in [-0.4, -0.2) is 20.2 Å². The molecule has 0 aliphatic rings. The van der Waals surface area contributed by atoms with Crippen molar-refractivity contribution in [1.29, 1.82) is 0 Å². The molecule has 0 bridgehead atoms. The van der Waals surface area contributed by atoms with Gasteiger partial charge in [-0.1, -0.05) is 65.1 Å². The average molecular weight is 264 g/mol. The van der Waals surface area contributed by atoms with Gasteiger partial charge in [0.05, 0.1) is 0 Å². The lowest BCUT2D eigenvalue weighted by molar-refractivity contribution is 0.560. The highest BCUT2D eigenvalue weighted by Gasteiger charge is 2.26. The number of hydrogen-bond donors (Lipinski definition) is 0. The molecule has 0 N–H and O–H groups in total. The lowest BCUT2D eigenvalue weighted by Crippen LogP contribution is -2.16. The van der Waals surface area contributed by atoms with Gasteiger partial charge in [-0.15, -0.1) is 15.0 Å². The number of benzene rings is 1. The molecule has 0 atom stereocenters. The third-order valence-electron chi connectivity index (χ3n) is 1.67. The van der Waals surface area contributed by atoms with Gasteiger partial charge in [0.15, 0.2) is 0 Å². The Bertz CT molecular complexity index is 448. The molecular formula is C8H5Cl3N4. The minimum Gasteiger partial charge on any atom is -0.127 e. The van der Waals surface area contributed by atoms with Crippen molar-refractivity contribution in [2.75, 3.05) is 0 Å². The van der Waals surface area contributed by atoms with Crippen molar-refractivity contribution in [3.63, 3.8) is 0 Å². The van der Waals surface area contributed by atoms with Crippen molar-refractivity contribution in [1.82, 2.24) is 20.2 Å². The van der Waals surface area contributed by atoms with Crippen LogP contribution in [-0.2, 0) is 3.92 Å². The SMILES string of the molecule is ClC(Cl)(Cl)n1nnc(-c2ccccc2)n1. The first-order chi connectivity index (χ1) is 7.07. The van der Waals surface area contributed by atoms with E-state index in [9.17, 15) is 0 Å². The number of halogens is 3. The molecule has 1 heterocycles. The summed E-state index contributed by atoms with van der Waals surface area (Å²) in [6, 6.07) is 9.32. The minimum absolute atomic E-state index is 0.418. The monoisotopic (exact) mass is 262 g/mol. The Labute approximate surface area is 101 Å². The highest BCUT2D eigenvalue weighted by atomic mass is 35.6. The van der Waals surface area contributed by atoms with Gasteiger partial charge >= 0.3 is 3.92 Å². The van der Waals surface area contributed by atoms with Crippen LogP contribution in [0, 0.1) is 0 Å². The van der Waals surface area contributed by atoms with Gasteiger partial charge in [0, 0.05) is 5.56 Å². The fourth-order valence-electron chi connectivity index (χ4n) is 1.02. The molecular weight excluding hydrogens is 258 g/mol. The van der Waals surface area contributed by atoms with E-state index in [2.05, 4.69) is 15.4 Å². The third kappa shape index (κ3) is 2.40. The lowest BCUT2D eigenvalue weighted by Gasteiger charge is -2.06. The number of aromatic nitrogens is 4. The van der Waals surface area contributed by atoms with E-state index in [1.807, 2.05) is 30.3 Å². The Morgan fingerprint density at radius 2 is 1.73 bits per heavy atom. The topological polar surface area (TPSA) is 43.6 Å². The van der Waals surface area contributed by atoms with Crippen LogP contribution >= 0.6 is 34.8 Å². The summed E-state index contributed by atoms with van der Waals surface area (Å²) < 4.78 is -1.71. The molecule has 0 amide bonds. The molecule has 7 heteroatoms. The summed E-state index contributed by atoms with van der Waals surface area (Å²) in [6.07, 6.45) is 0. The molecule has 0 aliphatic heterocycles. The van der Waals surface area contributed by atoms with Crippen LogP contribution in [0.1, 0.15) is 0 Å². The van der Waals surface area contributed by atoms with Crippen LogP contribution < -0.4 is 0 Å². The third-order valence-corrected chi connectivity index (χ3v) is 2.13. The summed E-state index contributed by atoms with van der Waals surface area (Å²) >= 11 is 16.8. The molecule has 4 nitrogen and oxygen atoms in total. The van der Waals surface area contributed by atoms with Crippen molar-refractivity contribution < 1.29 is 0 Å². The fourth-order valence-corrected chi connectivity index (χ4v) is 1.24.